The zero-order valence-electron chi connectivity index (χ0n) is 17.9. The zero-order valence-corrected chi connectivity index (χ0v) is 17.9. The van der Waals surface area contributed by atoms with Crippen LogP contribution in [0, 0.1) is 6.92 Å². The van der Waals surface area contributed by atoms with E-state index in [1.165, 1.54) is 0 Å². The Balaban J connectivity index is 1.42. The van der Waals surface area contributed by atoms with Crippen molar-refractivity contribution in [3.63, 3.8) is 0 Å². The molecule has 0 aliphatic carbocycles. The summed E-state index contributed by atoms with van der Waals surface area (Å²) in [6, 6.07) is 6.30. The molecule has 0 amide bonds. The first-order valence-electron chi connectivity index (χ1n) is 10.4. The molecule has 29 heavy (non-hydrogen) atoms. The number of nitrogens with zero attached hydrogens (tertiary/aromatic N) is 7. The molecule has 2 aliphatic rings. The van der Waals surface area contributed by atoms with E-state index in [9.17, 15) is 0 Å². The van der Waals surface area contributed by atoms with Gasteiger partial charge in [0.15, 0.2) is 5.82 Å². The normalized spacial score (nSPS) is 18.3. The monoisotopic (exact) mass is 397 g/mol. The van der Waals surface area contributed by atoms with E-state index < -0.39 is 0 Å². The summed E-state index contributed by atoms with van der Waals surface area (Å²) in [5.74, 6) is 3.77. The minimum absolute atomic E-state index is 0.0211. The molecule has 2 fully saturated rings. The van der Waals surface area contributed by atoms with Crippen LogP contribution in [0.4, 0.5) is 17.5 Å². The van der Waals surface area contributed by atoms with Crippen LogP contribution in [-0.2, 0) is 10.2 Å². The lowest BCUT2D eigenvalue weighted by atomic mass is 9.92. The van der Waals surface area contributed by atoms with Gasteiger partial charge in [0, 0.05) is 50.7 Å². The highest BCUT2D eigenvalue weighted by molar-refractivity contribution is 5.52. The quantitative estimate of drug-likeness (QED) is 0.779. The van der Waals surface area contributed by atoms with E-state index in [0.29, 0.717) is 0 Å². The van der Waals surface area contributed by atoms with Crippen molar-refractivity contribution in [1.29, 1.82) is 0 Å². The van der Waals surface area contributed by atoms with E-state index in [0.717, 1.165) is 81.5 Å². The van der Waals surface area contributed by atoms with Gasteiger partial charge in [0.05, 0.1) is 18.9 Å². The van der Waals surface area contributed by atoms with Crippen molar-refractivity contribution in [3.8, 4) is 0 Å². The van der Waals surface area contributed by atoms with E-state index in [4.69, 9.17) is 9.72 Å². The number of ether oxygens (including phenoxy) is 1. The lowest BCUT2D eigenvalue weighted by molar-refractivity contribution is 0.122. The maximum absolute atomic E-state index is 5.47. The Hall–Kier alpha value is -2.48. The molecule has 2 aliphatic heterocycles. The van der Waals surface area contributed by atoms with Gasteiger partial charge in [-0.05, 0) is 19.1 Å². The van der Waals surface area contributed by atoms with Gasteiger partial charge in [0.25, 0.3) is 0 Å². The average Bonchev–Trinajstić information content (AvgIpc) is 2.73. The van der Waals surface area contributed by atoms with Crippen LogP contribution in [-0.4, -0.2) is 72.6 Å². The van der Waals surface area contributed by atoms with Crippen LogP contribution in [0.2, 0.25) is 0 Å². The minimum atomic E-state index is 0.0211. The molecule has 0 radical (unpaired) electrons. The molecule has 8 nitrogen and oxygen atoms in total. The first kappa shape index (κ1) is 19.8. The number of aromatic nitrogens is 4. The van der Waals surface area contributed by atoms with Gasteiger partial charge in [-0.2, -0.15) is 5.10 Å². The summed E-state index contributed by atoms with van der Waals surface area (Å²) < 4.78 is 5.47. The van der Waals surface area contributed by atoms with Crippen molar-refractivity contribution in [3.05, 3.63) is 29.7 Å². The molecule has 2 aromatic rings. The molecular weight excluding hydrogens is 366 g/mol. The van der Waals surface area contributed by atoms with Crippen molar-refractivity contribution in [2.75, 3.05) is 67.2 Å². The van der Waals surface area contributed by atoms with Gasteiger partial charge in [-0.15, -0.1) is 5.10 Å². The Morgan fingerprint density at radius 2 is 1.31 bits per heavy atom. The van der Waals surface area contributed by atoms with E-state index in [-0.39, 0.29) is 5.41 Å². The fraction of sp³-hybridized carbons (Fsp3) is 0.619. The summed E-state index contributed by atoms with van der Waals surface area (Å²) in [6.45, 7) is 15.3. The third kappa shape index (κ3) is 4.58. The largest absolute Gasteiger partial charge is 0.378 e. The van der Waals surface area contributed by atoms with Gasteiger partial charge in [-0.3, -0.25) is 0 Å². The second-order valence-corrected chi connectivity index (χ2v) is 8.73. The summed E-state index contributed by atoms with van der Waals surface area (Å²) in [7, 11) is 0. The number of rotatable bonds is 3. The molecule has 156 valence electrons. The Morgan fingerprint density at radius 3 is 1.83 bits per heavy atom. The van der Waals surface area contributed by atoms with Gasteiger partial charge >= 0.3 is 0 Å². The molecule has 0 aromatic carbocycles. The third-order valence-electron chi connectivity index (χ3n) is 5.49. The summed E-state index contributed by atoms with van der Waals surface area (Å²) in [4.78, 5) is 16.3. The molecule has 0 saturated carbocycles. The average molecular weight is 398 g/mol. The summed E-state index contributed by atoms with van der Waals surface area (Å²) >= 11 is 0. The molecule has 0 spiro atoms. The van der Waals surface area contributed by atoms with Crippen LogP contribution in [0.1, 0.15) is 32.3 Å². The second-order valence-electron chi connectivity index (χ2n) is 8.73. The smallest absolute Gasteiger partial charge is 0.151 e. The third-order valence-corrected chi connectivity index (χ3v) is 5.49. The maximum atomic E-state index is 5.47. The Morgan fingerprint density at radius 1 is 0.759 bits per heavy atom. The molecule has 4 heterocycles. The predicted molar refractivity (Wildman–Crippen MR) is 115 cm³/mol. The highest BCUT2D eigenvalue weighted by Gasteiger charge is 2.23. The number of morpholine rings is 1. The lowest BCUT2D eigenvalue weighted by Gasteiger charge is -2.36. The highest BCUT2D eigenvalue weighted by atomic mass is 16.5. The van der Waals surface area contributed by atoms with Crippen LogP contribution < -0.4 is 14.7 Å². The molecule has 8 heteroatoms. The fourth-order valence-corrected chi connectivity index (χ4v) is 3.71. The van der Waals surface area contributed by atoms with Gasteiger partial charge in [-0.1, -0.05) is 20.8 Å². The van der Waals surface area contributed by atoms with Crippen LogP contribution in [0.25, 0.3) is 0 Å². The predicted octanol–water partition coefficient (Wildman–Crippen LogP) is 2.04. The Kier molecular flexibility index (Phi) is 5.54. The Labute approximate surface area is 172 Å². The van der Waals surface area contributed by atoms with Gasteiger partial charge in [0.1, 0.15) is 17.5 Å². The van der Waals surface area contributed by atoms with Crippen LogP contribution >= 0.6 is 0 Å². The molecule has 0 N–H and O–H groups in total. The summed E-state index contributed by atoms with van der Waals surface area (Å²) in [5, 5.41) is 8.90. The molecule has 0 unspecified atom stereocenters. The Bertz CT molecular complexity index is 820. The fourth-order valence-electron chi connectivity index (χ4n) is 3.71. The van der Waals surface area contributed by atoms with E-state index >= 15 is 0 Å². The zero-order chi connectivity index (χ0) is 20.4. The lowest BCUT2D eigenvalue weighted by Crippen LogP contribution is -2.47. The molecule has 4 rings (SSSR count). The summed E-state index contributed by atoms with van der Waals surface area (Å²) in [5.41, 5.74) is 1.04. The van der Waals surface area contributed by atoms with Crippen molar-refractivity contribution < 1.29 is 4.74 Å². The van der Waals surface area contributed by atoms with Crippen LogP contribution in [0.5, 0.6) is 0 Å². The van der Waals surface area contributed by atoms with Crippen molar-refractivity contribution in [2.24, 2.45) is 0 Å². The molecular formula is C21H31N7O. The molecule has 0 atom stereocenters. The maximum Gasteiger partial charge on any atom is 0.151 e. The van der Waals surface area contributed by atoms with Gasteiger partial charge in [-0.25, -0.2) is 9.97 Å². The first-order valence-corrected chi connectivity index (χ1v) is 10.4. The van der Waals surface area contributed by atoms with E-state index in [1.807, 2.05) is 6.92 Å². The minimum Gasteiger partial charge on any atom is -0.378 e. The van der Waals surface area contributed by atoms with Gasteiger partial charge < -0.3 is 19.4 Å². The second kappa shape index (κ2) is 8.10. The van der Waals surface area contributed by atoms with E-state index in [2.05, 4.69) is 68.9 Å². The van der Waals surface area contributed by atoms with Crippen LogP contribution in [0.3, 0.4) is 0 Å². The van der Waals surface area contributed by atoms with E-state index in [1.54, 1.807) is 0 Å². The summed E-state index contributed by atoms with van der Waals surface area (Å²) in [6.07, 6.45) is 0. The first-order chi connectivity index (χ1) is 13.9. The van der Waals surface area contributed by atoms with Crippen molar-refractivity contribution >= 4 is 17.5 Å². The topological polar surface area (TPSA) is 70.5 Å². The molecule has 2 saturated heterocycles. The van der Waals surface area contributed by atoms with Crippen LogP contribution in [0.15, 0.2) is 18.2 Å². The molecule has 0 bridgehead atoms. The van der Waals surface area contributed by atoms with Crippen molar-refractivity contribution in [1.82, 2.24) is 20.2 Å². The number of aryl methyl sites for hydroxylation is 1. The van der Waals surface area contributed by atoms with Crippen molar-refractivity contribution in [2.45, 2.75) is 33.1 Å². The number of piperazine rings is 1. The highest BCUT2D eigenvalue weighted by Crippen LogP contribution is 2.24. The SMILES string of the molecule is Cc1nc(N2CCOCC2)cc(N2CCN(c3ccc(C(C)(C)C)nn3)CC2)n1. The van der Waals surface area contributed by atoms with Gasteiger partial charge in [0.2, 0.25) is 0 Å². The number of anilines is 3. The number of hydrogen-bond acceptors (Lipinski definition) is 8. The number of hydrogen-bond donors (Lipinski definition) is 0. The standard InChI is InChI=1S/C21H31N7O/c1-16-22-19(15-20(23-16)28-11-13-29-14-12-28)27-9-7-26(8-10-27)18-6-5-17(24-25-18)21(2,3)4/h5-6,15H,7-14H2,1-4H3. The molecule has 2 aromatic heterocycles.